The molecule has 0 bridgehead atoms. The molecule has 0 spiro atoms. The van der Waals surface area contributed by atoms with Crippen molar-refractivity contribution in [3.05, 3.63) is 0 Å². The van der Waals surface area contributed by atoms with Gasteiger partial charge in [-0.15, -0.1) is 0 Å². The zero-order valence-electron chi connectivity index (χ0n) is 7.34. The maximum absolute atomic E-state index is 5.59. The van der Waals surface area contributed by atoms with Gasteiger partial charge in [0.1, 0.15) is 0 Å². The third-order valence-corrected chi connectivity index (χ3v) is 2.42. The van der Waals surface area contributed by atoms with Gasteiger partial charge in [0.15, 0.2) is 0 Å². The fraction of sp³-hybridized carbons (Fsp3) is 1.00. The topological polar surface area (TPSA) is 41.3 Å². The van der Waals surface area contributed by atoms with Gasteiger partial charge in [0.25, 0.3) is 0 Å². The number of nitrogens with one attached hydrogen (secondary N) is 1. The summed E-state index contributed by atoms with van der Waals surface area (Å²) in [4.78, 5) is 2.44. The summed E-state index contributed by atoms with van der Waals surface area (Å²) in [5, 5.41) is 3.16. The molecule has 1 aliphatic heterocycles. The van der Waals surface area contributed by atoms with Gasteiger partial charge in [-0.1, -0.05) is 0 Å². The highest BCUT2D eigenvalue weighted by Gasteiger charge is 2.16. The van der Waals surface area contributed by atoms with Gasteiger partial charge in [0, 0.05) is 6.67 Å². The van der Waals surface area contributed by atoms with Crippen LogP contribution in [0.5, 0.6) is 0 Å². The molecule has 0 saturated carbocycles. The van der Waals surface area contributed by atoms with Gasteiger partial charge in [0.05, 0.1) is 0 Å². The number of likely N-dealkylation sites (tertiary alicyclic amines) is 1. The van der Waals surface area contributed by atoms with Crippen LogP contribution >= 0.6 is 0 Å². The quantitative estimate of drug-likeness (QED) is 0.598. The number of hydrogen-bond donors (Lipinski definition) is 2. The Balaban J connectivity index is 2.14. The predicted molar refractivity (Wildman–Crippen MR) is 47.3 cm³/mol. The van der Waals surface area contributed by atoms with E-state index in [1.807, 2.05) is 7.05 Å². The zero-order valence-corrected chi connectivity index (χ0v) is 7.34. The summed E-state index contributed by atoms with van der Waals surface area (Å²) >= 11 is 0. The van der Waals surface area contributed by atoms with Crippen LogP contribution in [-0.2, 0) is 0 Å². The lowest BCUT2D eigenvalue weighted by molar-refractivity contribution is 0.179. The summed E-state index contributed by atoms with van der Waals surface area (Å²) in [6.07, 6.45) is 2.55. The second kappa shape index (κ2) is 4.70. The largest absolute Gasteiger partial charge is 0.330 e. The molecule has 66 valence electrons. The van der Waals surface area contributed by atoms with Gasteiger partial charge in [0.2, 0.25) is 0 Å². The number of piperidine rings is 1. The van der Waals surface area contributed by atoms with Gasteiger partial charge in [-0.05, 0) is 45.4 Å². The summed E-state index contributed by atoms with van der Waals surface area (Å²) in [5.41, 5.74) is 5.59. The van der Waals surface area contributed by atoms with Crippen LogP contribution < -0.4 is 11.1 Å². The molecule has 0 aromatic heterocycles. The van der Waals surface area contributed by atoms with Crippen molar-refractivity contribution in [2.45, 2.75) is 12.8 Å². The average Bonchev–Trinajstić information content (AvgIpc) is 2.07. The molecule has 0 amide bonds. The average molecular weight is 157 g/mol. The smallest absolute Gasteiger partial charge is 0.0477 e. The fourth-order valence-corrected chi connectivity index (χ4v) is 1.60. The molecule has 3 N–H and O–H groups in total. The van der Waals surface area contributed by atoms with Crippen LogP contribution in [-0.4, -0.2) is 38.3 Å². The number of hydrogen-bond acceptors (Lipinski definition) is 3. The monoisotopic (exact) mass is 157 g/mol. The molecule has 0 radical (unpaired) electrons. The van der Waals surface area contributed by atoms with E-state index in [-0.39, 0.29) is 0 Å². The van der Waals surface area contributed by atoms with Crippen LogP contribution in [0.1, 0.15) is 12.8 Å². The Hall–Kier alpha value is -0.120. The van der Waals surface area contributed by atoms with Crippen molar-refractivity contribution in [1.29, 1.82) is 0 Å². The second-order valence-electron chi connectivity index (χ2n) is 3.31. The second-order valence-corrected chi connectivity index (χ2v) is 3.31. The molecular weight excluding hydrogens is 138 g/mol. The third-order valence-electron chi connectivity index (χ3n) is 2.42. The van der Waals surface area contributed by atoms with E-state index in [4.69, 9.17) is 5.73 Å². The first-order valence-corrected chi connectivity index (χ1v) is 4.44. The Labute approximate surface area is 68.9 Å². The van der Waals surface area contributed by atoms with Crippen LogP contribution in [0.25, 0.3) is 0 Å². The molecule has 11 heavy (non-hydrogen) atoms. The summed E-state index contributed by atoms with van der Waals surface area (Å²) in [6.45, 7) is 4.32. The zero-order chi connectivity index (χ0) is 8.10. The van der Waals surface area contributed by atoms with E-state index in [1.165, 1.54) is 25.9 Å². The van der Waals surface area contributed by atoms with Gasteiger partial charge in [-0.25, -0.2) is 0 Å². The molecule has 0 aliphatic carbocycles. The van der Waals surface area contributed by atoms with E-state index < -0.39 is 0 Å². The normalized spacial score (nSPS) is 22.4. The first kappa shape index (κ1) is 8.97. The highest BCUT2D eigenvalue weighted by Crippen LogP contribution is 2.14. The molecule has 3 heteroatoms. The minimum Gasteiger partial charge on any atom is -0.330 e. The minimum atomic E-state index is 0.781. The highest BCUT2D eigenvalue weighted by atomic mass is 15.2. The maximum atomic E-state index is 5.59. The molecule has 0 unspecified atom stereocenters. The molecule has 0 aromatic rings. The number of nitrogens with two attached hydrogens (primary N) is 1. The Morgan fingerprint density at radius 3 is 2.55 bits per heavy atom. The first-order chi connectivity index (χ1) is 5.36. The Morgan fingerprint density at radius 2 is 2.09 bits per heavy atom. The van der Waals surface area contributed by atoms with E-state index in [1.54, 1.807) is 0 Å². The number of nitrogens with zero attached hydrogens (tertiary/aromatic N) is 1. The molecule has 0 atom stereocenters. The fourth-order valence-electron chi connectivity index (χ4n) is 1.60. The maximum Gasteiger partial charge on any atom is 0.0477 e. The summed E-state index contributed by atoms with van der Waals surface area (Å²) in [6, 6.07) is 0. The molecule has 1 saturated heterocycles. The molecule has 1 rings (SSSR count). The lowest BCUT2D eigenvalue weighted by Crippen LogP contribution is -2.40. The van der Waals surface area contributed by atoms with E-state index >= 15 is 0 Å². The van der Waals surface area contributed by atoms with Crippen molar-refractivity contribution < 1.29 is 0 Å². The lowest BCUT2D eigenvalue weighted by Gasteiger charge is -2.30. The van der Waals surface area contributed by atoms with Crippen molar-refractivity contribution in [2.24, 2.45) is 11.7 Å². The Morgan fingerprint density at radius 1 is 1.45 bits per heavy atom. The molecule has 0 aromatic carbocycles. The summed E-state index contributed by atoms with van der Waals surface area (Å²) < 4.78 is 0. The van der Waals surface area contributed by atoms with E-state index in [0.717, 1.165) is 19.1 Å². The first-order valence-electron chi connectivity index (χ1n) is 4.44. The van der Waals surface area contributed by atoms with Crippen LogP contribution in [0.15, 0.2) is 0 Å². The van der Waals surface area contributed by atoms with Gasteiger partial charge < -0.3 is 11.1 Å². The Kier molecular flexibility index (Phi) is 3.83. The third kappa shape index (κ3) is 2.77. The standard InChI is InChI=1S/C8H19N3/c1-10-7-11-4-2-8(6-9)3-5-11/h8,10H,2-7,9H2,1H3. The van der Waals surface area contributed by atoms with Crippen molar-refractivity contribution in [3.63, 3.8) is 0 Å². The van der Waals surface area contributed by atoms with Crippen LogP contribution in [0.3, 0.4) is 0 Å². The summed E-state index contributed by atoms with van der Waals surface area (Å²) in [5.74, 6) is 0.781. The van der Waals surface area contributed by atoms with Crippen molar-refractivity contribution in [3.8, 4) is 0 Å². The van der Waals surface area contributed by atoms with Crippen molar-refractivity contribution in [1.82, 2.24) is 10.2 Å². The SMILES string of the molecule is CNCN1CCC(CN)CC1. The lowest BCUT2D eigenvalue weighted by atomic mass is 9.97. The summed E-state index contributed by atoms with van der Waals surface area (Å²) in [7, 11) is 2.00. The van der Waals surface area contributed by atoms with Crippen molar-refractivity contribution >= 4 is 0 Å². The van der Waals surface area contributed by atoms with E-state index in [2.05, 4.69) is 10.2 Å². The van der Waals surface area contributed by atoms with Gasteiger partial charge in [-0.3, -0.25) is 4.90 Å². The predicted octanol–water partition coefficient (Wildman–Crippen LogP) is -0.166. The van der Waals surface area contributed by atoms with Gasteiger partial charge >= 0.3 is 0 Å². The molecule has 3 nitrogen and oxygen atoms in total. The van der Waals surface area contributed by atoms with E-state index in [9.17, 15) is 0 Å². The molecule has 1 aliphatic rings. The minimum absolute atomic E-state index is 0.781. The number of rotatable bonds is 3. The van der Waals surface area contributed by atoms with Crippen molar-refractivity contribution in [2.75, 3.05) is 33.4 Å². The molecule has 1 heterocycles. The van der Waals surface area contributed by atoms with Crippen LogP contribution in [0.2, 0.25) is 0 Å². The van der Waals surface area contributed by atoms with Crippen LogP contribution in [0.4, 0.5) is 0 Å². The highest BCUT2D eigenvalue weighted by molar-refractivity contribution is 4.71. The van der Waals surface area contributed by atoms with Gasteiger partial charge in [-0.2, -0.15) is 0 Å². The van der Waals surface area contributed by atoms with E-state index in [0.29, 0.717) is 0 Å². The molecular formula is C8H19N3. The molecule has 1 fully saturated rings. The Bertz CT molecular complexity index is 97.5. The van der Waals surface area contributed by atoms with Crippen LogP contribution in [0, 0.1) is 5.92 Å².